The number of pyridine rings is 1. The molecule has 2 rings (SSSR count). The van der Waals surface area contributed by atoms with Gasteiger partial charge in [0.25, 0.3) is 0 Å². The summed E-state index contributed by atoms with van der Waals surface area (Å²) in [6.07, 6.45) is 0. The SMILES string of the molecule is COc1ccc2ccc(C)nc2c1O. The zero-order valence-corrected chi connectivity index (χ0v) is 8.11. The first-order valence-corrected chi connectivity index (χ1v) is 4.35. The second-order valence-electron chi connectivity index (χ2n) is 3.14. The molecule has 0 atom stereocenters. The molecule has 72 valence electrons. The number of benzene rings is 1. The topological polar surface area (TPSA) is 42.4 Å². The molecule has 0 aliphatic rings. The average molecular weight is 189 g/mol. The molecule has 14 heavy (non-hydrogen) atoms. The van der Waals surface area contributed by atoms with Crippen molar-refractivity contribution in [2.75, 3.05) is 7.11 Å². The Morgan fingerprint density at radius 2 is 1.93 bits per heavy atom. The molecule has 0 aliphatic heterocycles. The maximum absolute atomic E-state index is 9.79. The van der Waals surface area contributed by atoms with Crippen molar-refractivity contribution in [2.24, 2.45) is 0 Å². The zero-order valence-electron chi connectivity index (χ0n) is 8.11. The van der Waals surface area contributed by atoms with Crippen LogP contribution in [0.4, 0.5) is 0 Å². The molecule has 0 radical (unpaired) electrons. The first kappa shape index (κ1) is 8.81. The van der Waals surface area contributed by atoms with Crippen LogP contribution < -0.4 is 4.74 Å². The monoisotopic (exact) mass is 189 g/mol. The largest absolute Gasteiger partial charge is 0.503 e. The Morgan fingerprint density at radius 1 is 1.21 bits per heavy atom. The van der Waals surface area contributed by atoms with Gasteiger partial charge in [-0.15, -0.1) is 0 Å². The molecule has 0 saturated carbocycles. The van der Waals surface area contributed by atoms with Crippen LogP contribution in [-0.2, 0) is 0 Å². The summed E-state index contributed by atoms with van der Waals surface area (Å²) in [4.78, 5) is 4.25. The normalized spacial score (nSPS) is 10.4. The van der Waals surface area contributed by atoms with Gasteiger partial charge in [-0.3, -0.25) is 0 Å². The van der Waals surface area contributed by atoms with Gasteiger partial charge in [0.15, 0.2) is 11.5 Å². The molecule has 2 aromatic rings. The van der Waals surface area contributed by atoms with Gasteiger partial charge in [-0.1, -0.05) is 6.07 Å². The Labute approximate surface area is 82.0 Å². The van der Waals surface area contributed by atoms with Gasteiger partial charge in [-0.2, -0.15) is 0 Å². The van der Waals surface area contributed by atoms with Gasteiger partial charge in [0.05, 0.1) is 7.11 Å². The molecule has 1 aromatic heterocycles. The van der Waals surface area contributed by atoms with Crippen LogP contribution in [-0.4, -0.2) is 17.2 Å². The van der Waals surface area contributed by atoms with E-state index in [1.807, 2.05) is 25.1 Å². The zero-order chi connectivity index (χ0) is 10.1. The van der Waals surface area contributed by atoms with E-state index in [0.29, 0.717) is 11.3 Å². The van der Waals surface area contributed by atoms with Gasteiger partial charge in [0, 0.05) is 11.1 Å². The highest BCUT2D eigenvalue weighted by atomic mass is 16.5. The smallest absolute Gasteiger partial charge is 0.184 e. The summed E-state index contributed by atoms with van der Waals surface area (Å²) in [5.41, 5.74) is 1.46. The van der Waals surface area contributed by atoms with E-state index in [9.17, 15) is 5.11 Å². The Bertz CT molecular complexity index is 480. The highest BCUT2D eigenvalue weighted by Gasteiger charge is 2.07. The van der Waals surface area contributed by atoms with Crippen molar-refractivity contribution in [3.05, 3.63) is 30.0 Å². The lowest BCUT2D eigenvalue weighted by molar-refractivity contribution is 0.376. The number of phenolic OH excluding ortho intramolecular Hbond substituents is 1. The van der Waals surface area contributed by atoms with Crippen molar-refractivity contribution in [3.63, 3.8) is 0 Å². The van der Waals surface area contributed by atoms with Gasteiger partial charge in [-0.25, -0.2) is 4.98 Å². The van der Waals surface area contributed by atoms with Gasteiger partial charge in [0.2, 0.25) is 0 Å². The molecule has 0 aliphatic carbocycles. The van der Waals surface area contributed by atoms with Crippen LogP contribution in [0.15, 0.2) is 24.3 Å². The van der Waals surface area contributed by atoms with Gasteiger partial charge < -0.3 is 9.84 Å². The lowest BCUT2D eigenvalue weighted by atomic mass is 10.2. The molecule has 0 amide bonds. The van der Waals surface area contributed by atoms with Crippen LogP contribution in [0.25, 0.3) is 10.9 Å². The predicted molar refractivity (Wildman–Crippen MR) is 54.7 cm³/mol. The van der Waals surface area contributed by atoms with E-state index >= 15 is 0 Å². The van der Waals surface area contributed by atoms with Crippen LogP contribution in [0.3, 0.4) is 0 Å². The highest BCUT2D eigenvalue weighted by Crippen LogP contribution is 2.32. The fourth-order valence-corrected chi connectivity index (χ4v) is 1.42. The van der Waals surface area contributed by atoms with E-state index in [1.54, 1.807) is 6.07 Å². The van der Waals surface area contributed by atoms with Crippen molar-refractivity contribution < 1.29 is 9.84 Å². The second kappa shape index (κ2) is 3.18. The number of aryl methyl sites for hydroxylation is 1. The summed E-state index contributed by atoms with van der Waals surface area (Å²) in [6.45, 7) is 1.89. The summed E-state index contributed by atoms with van der Waals surface area (Å²) in [5.74, 6) is 0.560. The number of fused-ring (bicyclic) bond motifs is 1. The minimum absolute atomic E-state index is 0.105. The molecule has 3 heteroatoms. The number of hydrogen-bond acceptors (Lipinski definition) is 3. The molecule has 3 nitrogen and oxygen atoms in total. The van der Waals surface area contributed by atoms with Crippen molar-refractivity contribution >= 4 is 10.9 Å². The van der Waals surface area contributed by atoms with Gasteiger partial charge in [-0.05, 0) is 25.1 Å². The van der Waals surface area contributed by atoms with E-state index in [4.69, 9.17) is 4.74 Å². The summed E-state index contributed by atoms with van der Waals surface area (Å²) in [6, 6.07) is 7.44. The second-order valence-corrected chi connectivity index (χ2v) is 3.14. The third-order valence-corrected chi connectivity index (χ3v) is 2.16. The number of aromatic nitrogens is 1. The first-order chi connectivity index (χ1) is 6.72. The number of hydrogen-bond donors (Lipinski definition) is 1. The average Bonchev–Trinajstić information content (AvgIpc) is 2.20. The van der Waals surface area contributed by atoms with E-state index in [-0.39, 0.29) is 5.75 Å². The Morgan fingerprint density at radius 3 is 2.64 bits per heavy atom. The summed E-state index contributed by atoms with van der Waals surface area (Å²) in [7, 11) is 1.52. The van der Waals surface area contributed by atoms with Crippen LogP contribution in [0.5, 0.6) is 11.5 Å². The maximum Gasteiger partial charge on any atom is 0.184 e. The summed E-state index contributed by atoms with van der Waals surface area (Å²) >= 11 is 0. The summed E-state index contributed by atoms with van der Waals surface area (Å²) in [5, 5.41) is 10.7. The molecule has 0 saturated heterocycles. The minimum Gasteiger partial charge on any atom is -0.503 e. The molecular weight excluding hydrogens is 178 g/mol. The predicted octanol–water partition coefficient (Wildman–Crippen LogP) is 2.26. The van der Waals surface area contributed by atoms with Gasteiger partial charge >= 0.3 is 0 Å². The van der Waals surface area contributed by atoms with E-state index in [1.165, 1.54) is 7.11 Å². The first-order valence-electron chi connectivity index (χ1n) is 4.35. The molecule has 1 N–H and O–H groups in total. The van der Waals surface area contributed by atoms with E-state index in [2.05, 4.69) is 4.98 Å². The number of rotatable bonds is 1. The minimum atomic E-state index is 0.105. The lowest BCUT2D eigenvalue weighted by Gasteiger charge is -2.06. The Balaban J connectivity index is 2.79. The van der Waals surface area contributed by atoms with Crippen LogP contribution >= 0.6 is 0 Å². The summed E-state index contributed by atoms with van der Waals surface area (Å²) < 4.78 is 5.00. The number of nitrogens with zero attached hydrogens (tertiary/aromatic N) is 1. The lowest BCUT2D eigenvalue weighted by Crippen LogP contribution is -1.88. The number of aromatic hydroxyl groups is 1. The van der Waals surface area contributed by atoms with E-state index in [0.717, 1.165) is 11.1 Å². The molecule has 0 spiro atoms. The molecule has 1 heterocycles. The number of phenols is 1. The quantitative estimate of drug-likeness (QED) is 0.748. The number of ether oxygens (including phenoxy) is 1. The van der Waals surface area contributed by atoms with Crippen molar-refractivity contribution in [2.45, 2.75) is 6.92 Å². The van der Waals surface area contributed by atoms with E-state index < -0.39 is 0 Å². The molecule has 0 unspecified atom stereocenters. The number of methoxy groups -OCH3 is 1. The maximum atomic E-state index is 9.79. The molecule has 0 fully saturated rings. The molecule has 1 aromatic carbocycles. The Kier molecular flexibility index (Phi) is 2.00. The fraction of sp³-hybridized carbons (Fsp3) is 0.182. The van der Waals surface area contributed by atoms with Crippen LogP contribution in [0, 0.1) is 6.92 Å². The van der Waals surface area contributed by atoms with Crippen LogP contribution in [0.1, 0.15) is 5.69 Å². The third-order valence-electron chi connectivity index (χ3n) is 2.16. The van der Waals surface area contributed by atoms with Crippen molar-refractivity contribution in [3.8, 4) is 11.5 Å². The molecule has 0 bridgehead atoms. The standard InChI is InChI=1S/C11H11NO2/c1-7-3-4-8-5-6-9(14-2)11(13)10(8)12-7/h3-6,13H,1-2H3. The fourth-order valence-electron chi connectivity index (χ4n) is 1.42. The van der Waals surface area contributed by atoms with Crippen molar-refractivity contribution in [1.82, 2.24) is 4.98 Å². The van der Waals surface area contributed by atoms with Gasteiger partial charge in [0.1, 0.15) is 5.52 Å². The third kappa shape index (κ3) is 1.27. The van der Waals surface area contributed by atoms with Crippen molar-refractivity contribution in [1.29, 1.82) is 0 Å². The van der Waals surface area contributed by atoms with Crippen LogP contribution in [0.2, 0.25) is 0 Å². The Hall–Kier alpha value is -1.77. The molecular formula is C11H11NO2. The highest BCUT2D eigenvalue weighted by molar-refractivity contribution is 5.86.